The predicted octanol–water partition coefficient (Wildman–Crippen LogP) is 3.19. The molecule has 0 aliphatic heterocycles. The highest BCUT2D eigenvalue weighted by atomic mass is 32.1. The molecule has 0 aromatic carbocycles. The minimum atomic E-state index is 0.853. The fourth-order valence-corrected chi connectivity index (χ4v) is 2.89. The summed E-state index contributed by atoms with van der Waals surface area (Å²) >= 11 is 1.64. The zero-order valence-corrected chi connectivity index (χ0v) is 10.2. The van der Waals surface area contributed by atoms with E-state index in [0.717, 1.165) is 23.0 Å². The van der Waals surface area contributed by atoms with E-state index in [1.165, 1.54) is 43.8 Å². The Balaban J connectivity index is 1.70. The Morgan fingerprint density at radius 2 is 1.81 bits per heavy atom. The van der Waals surface area contributed by atoms with E-state index in [9.17, 15) is 4.79 Å². The maximum Gasteiger partial charge on any atom is 0.160 e. The van der Waals surface area contributed by atoms with Crippen molar-refractivity contribution in [1.82, 2.24) is 0 Å². The molecule has 86 valence electrons. The number of nitrogens with zero attached hydrogens (tertiary/aromatic N) is 1. The van der Waals surface area contributed by atoms with E-state index >= 15 is 0 Å². The fraction of sp³-hybridized carbons (Fsp3) is 0.615. The molecule has 0 amide bonds. The van der Waals surface area contributed by atoms with Gasteiger partial charge in [-0.2, -0.15) is 0 Å². The summed E-state index contributed by atoms with van der Waals surface area (Å²) in [6.07, 6.45) is 6.54. The third kappa shape index (κ3) is 2.46. The molecule has 0 spiro atoms. The second kappa shape index (κ2) is 4.21. The number of hydrogen-bond donors (Lipinski definition) is 0. The molecule has 0 saturated heterocycles. The molecule has 2 aliphatic rings. The van der Waals surface area contributed by atoms with Crippen molar-refractivity contribution in [2.24, 2.45) is 11.8 Å². The van der Waals surface area contributed by atoms with E-state index < -0.39 is 0 Å². The van der Waals surface area contributed by atoms with Gasteiger partial charge in [-0.05, 0) is 49.7 Å². The Labute approximate surface area is 100 Å². The topological polar surface area (TPSA) is 20.3 Å². The fourth-order valence-electron chi connectivity index (χ4n) is 2.05. The van der Waals surface area contributed by atoms with Crippen molar-refractivity contribution in [1.29, 1.82) is 0 Å². The van der Waals surface area contributed by atoms with Crippen molar-refractivity contribution in [3.05, 3.63) is 17.0 Å². The molecule has 2 nitrogen and oxygen atoms in total. The predicted molar refractivity (Wildman–Crippen MR) is 67.4 cm³/mol. The molecule has 0 atom stereocenters. The van der Waals surface area contributed by atoms with Crippen molar-refractivity contribution in [2.45, 2.75) is 25.7 Å². The molecule has 0 unspecified atom stereocenters. The van der Waals surface area contributed by atoms with Crippen LogP contribution in [0.15, 0.2) is 12.1 Å². The first-order valence-corrected chi connectivity index (χ1v) is 6.97. The number of rotatable bonds is 6. The number of anilines is 1. The van der Waals surface area contributed by atoms with Crippen molar-refractivity contribution < 1.29 is 4.79 Å². The average molecular weight is 235 g/mol. The normalized spacial score (nSPS) is 19.8. The van der Waals surface area contributed by atoms with Gasteiger partial charge in [0.1, 0.15) is 0 Å². The van der Waals surface area contributed by atoms with Crippen molar-refractivity contribution in [3.8, 4) is 0 Å². The van der Waals surface area contributed by atoms with Crippen molar-refractivity contribution in [3.63, 3.8) is 0 Å². The van der Waals surface area contributed by atoms with Crippen LogP contribution in [0, 0.1) is 11.8 Å². The van der Waals surface area contributed by atoms with Crippen LogP contribution < -0.4 is 4.90 Å². The Kier molecular flexibility index (Phi) is 2.72. The lowest BCUT2D eigenvalue weighted by atomic mass is 10.3. The molecule has 3 rings (SSSR count). The van der Waals surface area contributed by atoms with Crippen LogP contribution >= 0.6 is 11.3 Å². The third-order valence-corrected chi connectivity index (χ3v) is 4.46. The Hall–Kier alpha value is -0.830. The summed E-state index contributed by atoms with van der Waals surface area (Å²) in [6.45, 7) is 2.41. The van der Waals surface area contributed by atoms with Gasteiger partial charge in [-0.1, -0.05) is 0 Å². The quantitative estimate of drug-likeness (QED) is 0.706. The first-order valence-electron chi connectivity index (χ1n) is 6.15. The lowest BCUT2D eigenvalue weighted by Gasteiger charge is -2.22. The molecular formula is C13H17NOS. The van der Waals surface area contributed by atoms with E-state index in [0.29, 0.717) is 0 Å². The zero-order valence-electron chi connectivity index (χ0n) is 9.39. The highest BCUT2D eigenvalue weighted by Gasteiger charge is 2.29. The molecule has 2 saturated carbocycles. The van der Waals surface area contributed by atoms with Crippen LogP contribution in [0.5, 0.6) is 0 Å². The number of carbonyl (C=O) groups excluding carboxylic acids is 1. The van der Waals surface area contributed by atoms with Gasteiger partial charge in [0.05, 0.1) is 9.88 Å². The van der Waals surface area contributed by atoms with Crippen LogP contribution in [-0.2, 0) is 0 Å². The van der Waals surface area contributed by atoms with Gasteiger partial charge in [-0.25, -0.2) is 0 Å². The van der Waals surface area contributed by atoms with E-state index in [1.807, 2.05) is 6.07 Å². The second-order valence-corrected chi connectivity index (χ2v) is 6.18. The smallest absolute Gasteiger partial charge is 0.160 e. The third-order valence-electron chi connectivity index (χ3n) is 3.39. The number of carbonyl (C=O) groups is 1. The summed E-state index contributed by atoms with van der Waals surface area (Å²) < 4.78 is 0. The van der Waals surface area contributed by atoms with E-state index in [2.05, 4.69) is 11.0 Å². The van der Waals surface area contributed by atoms with E-state index in [1.54, 1.807) is 11.3 Å². The van der Waals surface area contributed by atoms with Crippen molar-refractivity contribution in [2.75, 3.05) is 18.0 Å². The van der Waals surface area contributed by atoms with Crippen LogP contribution in [0.25, 0.3) is 0 Å². The number of aldehydes is 1. The molecule has 0 N–H and O–H groups in total. The summed E-state index contributed by atoms with van der Waals surface area (Å²) in [6, 6.07) is 4.05. The van der Waals surface area contributed by atoms with Crippen LogP contribution in [0.4, 0.5) is 5.00 Å². The van der Waals surface area contributed by atoms with E-state index in [4.69, 9.17) is 0 Å². The molecule has 2 fully saturated rings. The van der Waals surface area contributed by atoms with Gasteiger partial charge in [0.2, 0.25) is 0 Å². The summed E-state index contributed by atoms with van der Waals surface area (Å²) in [7, 11) is 0. The zero-order chi connectivity index (χ0) is 11.0. The van der Waals surface area contributed by atoms with Crippen LogP contribution in [-0.4, -0.2) is 19.4 Å². The molecular weight excluding hydrogens is 218 g/mol. The Morgan fingerprint density at radius 3 is 2.25 bits per heavy atom. The maximum absolute atomic E-state index is 10.7. The highest BCUT2D eigenvalue weighted by molar-refractivity contribution is 7.17. The van der Waals surface area contributed by atoms with Gasteiger partial charge >= 0.3 is 0 Å². The summed E-state index contributed by atoms with van der Waals surface area (Å²) in [5.74, 6) is 1.83. The minimum absolute atomic E-state index is 0.853. The standard InChI is InChI=1S/C13H17NOS/c15-9-12-5-6-13(16-12)14(7-10-1-2-10)8-11-3-4-11/h5-6,9-11H,1-4,7-8H2. The van der Waals surface area contributed by atoms with Gasteiger partial charge < -0.3 is 4.90 Å². The Morgan fingerprint density at radius 1 is 1.19 bits per heavy atom. The van der Waals surface area contributed by atoms with Crippen LogP contribution in [0.1, 0.15) is 35.4 Å². The number of thiophene rings is 1. The van der Waals surface area contributed by atoms with Crippen molar-refractivity contribution >= 4 is 22.6 Å². The van der Waals surface area contributed by atoms with Gasteiger partial charge in [-0.15, -0.1) is 11.3 Å². The summed E-state index contributed by atoms with van der Waals surface area (Å²) in [5, 5.41) is 1.29. The number of hydrogen-bond acceptors (Lipinski definition) is 3. The molecule has 0 bridgehead atoms. The van der Waals surface area contributed by atoms with Crippen LogP contribution in [0.3, 0.4) is 0 Å². The lowest BCUT2D eigenvalue weighted by Crippen LogP contribution is -2.27. The monoisotopic (exact) mass is 235 g/mol. The molecule has 1 heterocycles. The SMILES string of the molecule is O=Cc1ccc(N(CC2CC2)CC2CC2)s1. The first kappa shape index (κ1) is 10.3. The van der Waals surface area contributed by atoms with Gasteiger partial charge in [0.25, 0.3) is 0 Å². The van der Waals surface area contributed by atoms with Gasteiger partial charge in [0.15, 0.2) is 6.29 Å². The summed E-state index contributed by atoms with van der Waals surface area (Å²) in [5.41, 5.74) is 0. The van der Waals surface area contributed by atoms with Gasteiger partial charge in [-0.3, -0.25) is 4.79 Å². The molecule has 16 heavy (non-hydrogen) atoms. The lowest BCUT2D eigenvalue weighted by molar-refractivity contribution is 0.112. The highest BCUT2D eigenvalue weighted by Crippen LogP contribution is 2.37. The molecule has 2 aliphatic carbocycles. The molecule has 3 heteroatoms. The van der Waals surface area contributed by atoms with E-state index in [-0.39, 0.29) is 0 Å². The minimum Gasteiger partial charge on any atom is -0.363 e. The molecule has 0 radical (unpaired) electrons. The first-order chi connectivity index (χ1) is 7.85. The van der Waals surface area contributed by atoms with Gasteiger partial charge in [0, 0.05) is 13.1 Å². The average Bonchev–Trinajstić information content (AvgIpc) is 3.21. The Bertz CT molecular complexity index is 365. The largest absolute Gasteiger partial charge is 0.363 e. The molecule has 1 aromatic heterocycles. The second-order valence-electron chi connectivity index (χ2n) is 5.09. The van der Waals surface area contributed by atoms with Crippen LogP contribution in [0.2, 0.25) is 0 Å². The maximum atomic E-state index is 10.7. The summed E-state index contributed by atoms with van der Waals surface area (Å²) in [4.78, 5) is 14.1. The molecule has 1 aromatic rings.